The summed E-state index contributed by atoms with van der Waals surface area (Å²) in [5, 5.41) is 3.37. The Labute approximate surface area is 86.8 Å². The van der Waals surface area contributed by atoms with E-state index in [9.17, 15) is 0 Å². The van der Waals surface area contributed by atoms with Crippen LogP contribution in [-0.4, -0.2) is 13.1 Å². The highest BCUT2D eigenvalue weighted by Gasteiger charge is 2.14. The predicted molar refractivity (Wildman–Crippen MR) is 55.7 cm³/mol. The maximum atomic E-state index is 5.40. The second-order valence-corrected chi connectivity index (χ2v) is 4.54. The van der Waals surface area contributed by atoms with Crippen LogP contribution in [-0.2, 0) is 6.42 Å². The molecule has 0 bridgehead atoms. The van der Waals surface area contributed by atoms with Crippen molar-refractivity contribution in [1.82, 2.24) is 5.32 Å². The molecule has 1 aliphatic heterocycles. The van der Waals surface area contributed by atoms with Crippen LogP contribution in [0, 0.1) is 5.92 Å². The molecule has 0 spiro atoms. The van der Waals surface area contributed by atoms with Gasteiger partial charge >= 0.3 is 0 Å². The van der Waals surface area contributed by atoms with Gasteiger partial charge in [0, 0.05) is 6.42 Å². The zero-order valence-electron chi connectivity index (χ0n) is 7.55. The number of hydrogen-bond acceptors (Lipinski definition) is 2. The van der Waals surface area contributed by atoms with Gasteiger partial charge in [0.05, 0.1) is 4.47 Å². The van der Waals surface area contributed by atoms with E-state index in [0.29, 0.717) is 0 Å². The Morgan fingerprint density at radius 3 is 2.85 bits per heavy atom. The van der Waals surface area contributed by atoms with E-state index in [-0.39, 0.29) is 0 Å². The number of piperidine rings is 1. The molecular formula is C10H14BrNO. The van der Waals surface area contributed by atoms with Gasteiger partial charge in [-0.25, -0.2) is 0 Å². The fourth-order valence-corrected chi connectivity index (χ4v) is 2.18. The number of furan rings is 1. The summed E-state index contributed by atoms with van der Waals surface area (Å²) in [5.41, 5.74) is 0. The van der Waals surface area contributed by atoms with Crippen LogP contribution in [0.15, 0.2) is 21.2 Å². The molecule has 0 radical (unpaired) electrons. The molecule has 13 heavy (non-hydrogen) atoms. The van der Waals surface area contributed by atoms with Crippen LogP contribution in [0.25, 0.3) is 0 Å². The molecule has 0 saturated carbocycles. The van der Waals surface area contributed by atoms with E-state index >= 15 is 0 Å². The van der Waals surface area contributed by atoms with E-state index in [1.165, 1.54) is 12.8 Å². The SMILES string of the molecule is Brc1coc(CC2CCNCC2)c1. The second-order valence-electron chi connectivity index (χ2n) is 3.63. The summed E-state index contributed by atoms with van der Waals surface area (Å²) in [6.45, 7) is 2.32. The van der Waals surface area contributed by atoms with Gasteiger partial charge in [-0.2, -0.15) is 0 Å². The third-order valence-corrected chi connectivity index (χ3v) is 2.99. The number of rotatable bonds is 2. The fraction of sp³-hybridized carbons (Fsp3) is 0.600. The first-order chi connectivity index (χ1) is 6.34. The lowest BCUT2D eigenvalue weighted by Gasteiger charge is -2.21. The van der Waals surface area contributed by atoms with Crippen molar-refractivity contribution in [2.75, 3.05) is 13.1 Å². The maximum Gasteiger partial charge on any atom is 0.105 e. The molecule has 0 aromatic carbocycles. The van der Waals surface area contributed by atoms with Crippen LogP contribution in [0.2, 0.25) is 0 Å². The minimum atomic E-state index is 0.805. The summed E-state index contributed by atoms with van der Waals surface area (Å²) in [6, 6.07) is 2.07. The zero-order chi connectivity index (χ0) is 9.10. The molecule has 1 saturated heterocycles. The van der Waals surface area contributed by atoms with Crippen molar-refractivity contribution < 1.29 is 4.42 Å². The molecule has 72 valence electrons. The lowest BCUT2D eigenvalue weighted by Crippen LogP contribution is -2.28. The van der Waals surface area contributed by atoms with Gasteiger partial charge < -0.3 is 9.73 Å². The van der Waals surface area contributed by atoms with Crippen LogP contribution in [0.3, 0.4) is 0 Å². The average Bonchev–Trinajstić information content (AvgIpc) is 2.53. The van der Waals surface area contributed by atoms with Gasteiger partial charge in [0.1, 0.15) is 12.0 Å². The molecule has 0 atom stereocenters. The third kappa shape index (κ3) is 2.58. The summed E-state index contributed by atoms with van der Waals surface area (Å²) in [7, 11) is 0. The average molecular weight is 244 g/mol. The molecule has 0 amide bonds. The van der Waals surface area contributed by atoms with Gasteiger partial charge in [0.2, 0.25) is 0 Å². The minimum Gasteiger partial charge on any atom is -0.468 e. The minimum absolute atomic E-state index is 0.805. The molecule has 1 N–H and O–H groups in total. The van der Waals surface area contributed by atoms with Crippen LogP contribution in [0.4, 0.5) is 0 Å². The van der Waals surface area contributed by atoms with Crippen molar-refractivity contribution in [3.8, 4) is 0 Å². The normalized spacial score (nSPS) is 19.2. The van der Waals surface area contributed by atoms with E-state index in [1.807, 2.05) is 0 Å². The lowest BCUT2D eigenvalue weighted by atomic mass is 9.94. The molecule has 1 aromatic heterocycles. The molecular weight excluding hydrogens is 230 g/mol. The van der Waals surface area contributed by atoms with E-state index in [0.717, 1.165) is 35.7 Å². The van der Waals surface area contributed by atoms with E-state index in [4.69, 9.17) is 4.42 Å². The van der Waals surface area contributed by atoms with Crippen molar-refractivity contribution in [1.29, 1.82) is 0 Å². The van der Waals surface area contributed by atoms with E-state index < -0.39 is 0 Å². The van der Waals surface area contributed by atoms with Crippen LogP contribution in [0.5, 0.6) is 0 Å². The predicted octanol–water partition coefficient (Wildman–Crippen LogP) is 2.58. The summed E-state index contributed by atoms with van der Waals surface area (Å²) >= 11 is 3.39. The van der Waals surface area contributed by atoms with Crippen LogP contribution < -0.4 is 5.32 Å². The molecule has 1 aromatic rings. The van der Waals surface area contributed by atoms with Crippen molar-refractivity contribution in [3.05, 3.63) is 22.6 Å². The Kier molecular flexibility index (Phi) is 3.06. The molecule has 2 rings (SSSR count). The quantitative estimate of drug-likeness (QED) is 0.864. The van der Waals surface area contributed by atoms with Gasteiger partial charge in [-0.3, -0.25) is 0 Å². The Hall–Kier alpha value is -0.280. The first-order valence-corrected chi connectivity index (χ1v) is 5.57. The topological polar surface area (TPSA) is 25.2 Å². The fourth-order valence-electron chi connectivity index (χ4n) is 1.83. The third-order valence-electron chi connectivity index (χ3n) is 2.57. The van der Waals surface area contributed by atoms with Gasteiger partial charge in [0.15, 0.2) is 0 Å². The molecule has 2 heterocycles. The summed E-state index contributed by atoms with van der Waals surface area (Å²) < 4.78 is 6.45. The van der Waals surface area contributed by atoms with Gasteiger partial charge in [-0.1, -0.05) is 0 Å². The van der Waals surface area contributed by atoms with E-state index in [1.54, 1.807) is 6.26 Å². The highest BCUT2D eigenvalue weighted by Crippen LogP contribution is 2.21. The number of halogens is 1. The van der Waals surface area contributed by atoms with Gasteiger partial charge in [-0.05, 0) is 53.8 Å². The zero-order valence-corrected chi connectivity index (χ0v) is 9.14. The largest absolute Gasteiger partial charge is 0.468 e. The number of hydrogen-bond donors (Lipinski definition) is 1. The first-order valence-electron chi connectivity index (χ1n) is 4.78. The Bertz CT molecular complexity index is 266. The van der Waals surface area contributed by atoms with Crippen molar-refractivity contribution >= 4 is 15.9 Å². The summed E-state index contributed by atoms with van der Waals surface area (Å²) in [5.74, 6) is 1.91. The Morgan fingerprint density at radius 2 is 2.23 bits per heavy atom. The molecule has 0 aliphatic carbocycles. The van der Waals surface area contributed by atoms with Gasteiger partial charge in [-0.15, -0.1) is 0 Å². The summed E-state index contributed by atoms with van der Waals surface area (Å²) in [6.07, 6.45) is 5.40. The molecule has 2 nitrogen and oxygen atoms in total. The summed E-state index contributed by atoms with van der Waals surface area (Å²) in [4.78, 5) is 0. The standard InChI is InChI=1S/C10H14BrNO/c11-9-6-10(13-7-9)5-8-1-3-12-4-2-8/h6-8,12H,1-5H2. The van der Waals surface area contributed by atoms with Crippen molar-refractivity contribution in [2.24, 2.45) is 5.92 Å². The second kappa shape index (κ2) is 4.29. The van der Waals surface area contributed by atoms with Crippen LogP contribution >= 0.6 is 15.9 Å². The van der Waals surface area contributed by atoms with Crippen molar-refractivity contribution in [3.63, 3.8) is 0 Å². The van der Waals surface area contributed by atoms with Crippen LogP contribution in [0.1, 0.15) is 18.6 Å². The van der Waals surface area contributed by atoms with Gasteiger partial charge in [0.25, 0.3) is 0 Å². The molecule has 1 fully saturated rings. The molecule has 0 unspecified atom stereocenters. The first kappa shape index (κ1) is 9.28. The Balaban J connectivity index is 1.89. The number of nitrogens with one attached hydrogen (secondary N) is 1. The lowest BCUT2D eigenvalue weighted by molar-refractivity contribution is 0.347. The Morgan fingerprint density at radius 1 is 1.46 bits per heavy atom. The highest BCUT2D eigenvalue weighted by atomic mass is 79.9. The molecule has 3 heteroatoms. The highest BCUT2D eigenvalue weighted by molar-refractivity contribution is 9.10. The molecule has 1 aliphatic rings. The smallest absolute Gasteiger partial charge is 0.105 e. The van der Waals surface area contributed by atoms with E-state index in [2.05, 4.69) is 27.3 Å². The van der Waals surface area contributed by atoms with Crippen molar-refractivity contribution in [2.45, 2.75) is 19.3 Å². The monoisotopic (exact) mass is 243 g/mol. The maximum absolute atomic E-state index is 5.40.